The topological polar surface area (TPSA) is 46.1 Å². The number of fused-ring (bicyclic) bond motifs is 1. The number of benzene rings is 2. The van der Waals surface area contributed by atoms with E-state index >= 15 is 0 Å². The van der Waals surface area contributed by atoms with Crippen molar-refractivity contribution in [2.75, 3.05) is 10.7 Å². The van der Waals surface area contributed by atoms with Gasteiger partial charge in [-0.15, -0.1) is 11.8 Å². The summed E-state index contributed by atoms with van der Waals surface area (Å²) in [6.07, 6.45) is 3.54. The van der Waals surface area contributed by atoms with Crippen LogP contribution in [0.4, 0.5) is 5.13 Å². The molecular formula is C22H19N3OS2. The number of anilines is 1. The fourth-order valence-corrected chi connectivity index (χ4v) is 4.66. The number of thioether (sulfide) groups is 1. The van der Waals surface area contributed by atoms with Crippen molar-refractivity contribution < 1.29 is 4.79 Å². The molecule has 4 aromatic rings. The second-order valence-corrected chi connectivity index (χ2v) is 8.28. The van der Waals surface area contributed by atoms with Gasteiger partial charge in [-0.2, -0.15) is 0 Å². The number of carbonyl (C=O) groups is 1. The zero-order valence-electron chi connectivity index (χ0n) is 15.2. The van der Waals surface area contributed by atoms with Crippen LogP contribution in [0, 0.1) is 0 Å². The quantitative estimate of drug-likeness (QED) is 0.426. The predicted molar refractivity (Wildman–Crippen MR) is 118 cm³/mol. The lowest BCUT2D eigenvalue weighted by Gasteiger charge is -2.19. The van der Waals surface area contributed by atoms with Crippen LogP contribution in [-0.2, 0) is 17.1 Å². The number of carbonyl (C=O) groups excluding carboxylic acids is 1. The molecule has 28 heavy (non-hydrogen) atoms. The van der Waals surface area contributed by atoms with Crippen molar-refractivity contribution in [2.45, 2.75) is 12.3 Å². The van der Waals surface area contributed by atoms with Gasteiger partial charge in [0, 0.05) is 18.1 Å². The Bertz CT molecular complexity index is 1020. The Balaban J connectivity index is 1.52. The van der Waals surface area contributed by atoms with E-state index in [4.69, 9.17) is 4.98 Å². The van der Waals surface area contributed by atoms with Crippen LogP contribution >= 0.6 is 23.1 Å². The van der Waals surface area contributed by atoms with E-state index in [0.717, 1.165) is 26.7 Å². The summed E-state index contributed by atoms with van der Waals surface area (Å²) in [7, 11) is 0. The van der Waals surface area contributed by atoms with Crippen molar-refractivity contribution in [3.05, 3.63) is 90.3 Å². The van der Waals surface area contributed by atoms with E-state index in [1.165, 1.54) is 5.56 Å². The second kappa shape index (κ2) is 8.99. The molecule has 0 saturated carbocycles. The standard InChI is InChI=1S/C22H19N3OS2/c26-21(16-27-15-17-7-2-1-3-8-17)25(14-18-9-6-12-23-13-18)22-24-19-10-4-5-11-20(19)28-22/h1-13H,14-16H2. The van der Waals surface area contributed by atoms with Crippen molar-refractivity contribution >= 4 is 44.4 Å². The number of rotatable bonds is 7. The average Bonchev–Trinajstić information content (AvgIpc) is 3.17. The lowest BCUT2D eigenvalue weighted by Crippen LogP contribution is -2.31. The predicted octanol–water partition coefficient (Wildman–Crippen LogP) is 5.16. The molecule has 2 aromatic heterocycles. The lowest BCUT2D eigenvalue weighted by molar-refractivity contribution is -0.116. The highest BCUT2D eigenvalue weighted by atomic mass is 32.2. The van der Waals surface area contributed by atoms with Crippen molar-refractivity contribution in [3.63, 3.8) is 0 Å². The molecule has 0 spiro atoms. The fourth-order valence-electron chi connectivity index (χ4n) is 2.82. The van der Waals surface area contributed by atoms with Crippen molar-refractivity contribution in [2.24, 2.45) is 0 Å². The molecule has 0 radical (unpaired) electrons. The van der Waals surface area contributed by atoms with Crippen molar-refractivity contribution in [3.8, 4) is 0 Å². The van der Waals surface area contributed by atoms with Gasteiger partial charge >= 0.3 is 0 Å². The summed E-state index contributed by atoms with van der Waals surface area (Å²) in [5.74, 6) is 1.28. The van der Waals surface area contributed by atoms with Crippen molar-refractivity contribution in [1.82, 2.24) is 9.97 Å². The van der Waals surface area contributed by atoms with Crippen LogP contribution in [0.5, 0.6) is 0 Å². The van der Waals surface area contributed by atoms with Crippen molar-refractivity contribution in [1.29, 1.82) is 0 Å². The Labute approximate surface area is 172 Å². The third-order valence-electron chi connectivity index (χ3n) is 4.22. The molecule has 0 atom stereocenters. The zero-order chi connectivity index (χ0) is 19.2. The number of aromatic nitrogens is 2. The average molecular weight is 406 g/mol. The third-order valence-corrected chi connectivity index (χ3v) is 6.26. The molecular weight excluding hydrogens is 386 g/mol. The minimum atomic E-state index is 0.0591. The molecule has 1 amide bonds. The summed E-state index contributed by atoms with van der Waals surface area (Å²) < 4.78 is 1.08. The van der Waals surface area contributed by atoms with E-state index in [-0.39, 0.29) is 5.91 Å². The van der Waals surface area contributed by atoms with Gasteiger partial charge in [0.1, 0.15) is 0 Å². The molecule has 0 bridgehead atoms. The fraction of sp³-hybridized carbons (Fsp3) is 0.136. The van der Waals surface area contributed by atoms with Crippen LogP contribution in [0.3, 0.4) is 0 Å². The van der Waals surface area contributed by atoms with Crippen LogP contribution in [0.1, 0.15) is 11.1 Å². The summed E-state index contributed by atoms with van der Waals surface area (Å²) in [6.45, 7) is 0.471. The first kappa shape index (κ1) is 18.7. The molecule has 2 aromatic carbocycles. The summed E-state index contributed by atoms with van der Waals surface area (Å²) in [4.78, 5) is 23.7. The highest BCUT2D eigenvalue weighted by Crippen LogP contribution is 2.30. The van der Waals surface area contributed by atoms with E-state index in [2.05, 4.69) is 17.1 Å². The minimum absolute atomic E-state index is 0.0591. The normalized spacial score (nSPS) is 10.9. The molecule has 0 saturated heterocycles. The Morgan fingerprint density at radius 2 is 1.75 bits per heavy atom. The number of nitrogens with zero attached hydrogens (tertiary/aromatic N) is 3. The maximum absolute atomic E-state index is 13.1. The van der Waals surface area contributed by atoms with Crippen LogP contribution in [0.25, 0.3) is 10.2 Å². The molecule has 4 nitrogen and oxygen atoms in total. The van der Waals surface area contributed by atoms with Gasteiger partial charge in [0.05, 0.1) is 22.5 Å². The smallest absolute Gasteiger partial charge is 0.239 e. The first-order valence-corrected chi connectivity index (χ1v) is 10.9. The number of para-hydroxylation sites is 1. The molecule has 0 N–H and O–H groups in total. The van der Waals surface area contributed by atoms with Gasteiger partial charge in [0.25, 0.3) is 0 Å². The van der Waals surface area contributed by atoms with Gasteiger partial charge < -0.3 is 0 Å². The number of hydrogen-bond acceptors (Lipinski definition) is 5. The SMILES string of the molecule is O=C(CSCc1ccccc1)N(Cc1cccnc1)c1nc2ccccc2s1. The lowest BCUT2D eigenvalue weighted by atomic mass is 10.2. The van der Waals surface area contributed by atoms with Gasteiger partial charge in [-0.25, -0.2) is 4.98 Å². The van der Waals surface area contributed by atoms with E-state index in [1.54, 1.807) is 40.4 Å². The minimum Gasteiger partial charge on any atom is -0.283 e. The first-order chi connectivity index (χ1) is 13.8. The molecule has 0 aliphatic carbocycles. The molecule has 6 heteroatoms. The van der Waals surface area contributed by atoms with Gasteiger partial charge in [-0.05, 0) is 29.3 Å². The molecule has 4 rings (SSSR count). The highest BCUT2D eigenvalue weighted by molar-refractivity contribution is 7.99. The monoisotopic (exact) mass is 405 g/mol. The number of hydrogen-bond donors (Lipinski definition) is 0. The van der Waals surface area contributed by atoms with E-state index in [0.29, 0.717) is 12.3 Å². The molecule has 0 unspecified atom stereocenters. The Morgan fingerprint density at radius 1 is 0.964 bits per heavy atom. The van der Waals surface area contributed by atoms with Crippen LogP contribution in [0.15, 0.2) is 79.1 Å². The Hall–Kier alpha value is -2.70. The Kier molecular flexibility index (Phi) is 5.99. The molecule has 0 fully saturated rings. The van der Waals surface area contributed by atoms with E-state index in [1.807, 2.05) is 54.6 Å². The summed E-state index contributed by atoms with van der Waals surface area (Å²) >= 11 is 3.17. The van der Waals surface area contributed by atoms with Gasteiger partial charge in [0.15, 0.2) is 5.13 Å². The van der Waals surface area contributed by atoms with E-state index < -0.39 is 0 Å². The summed E-state index contributed by atoms with van der Waals surface area (Å²) in [5.41, 5.74) is 3.13. The van der Waals surface area contributed by atoms with Gasteiger partial charge in [-0.3, -0.25) is 14.7 Å². The van der Waals surface area contributed by atoms with Crippen LogP contribution in [0.2, 0.25) is 0 Å². The molecule has 0 aliphatic heterocycles. The number of pyridine rings is 1. The maximum Gasteiger partial charge on any atom is 0.239 e. The molecule has 0 aliphatic rings. The largest absolute Gasteiger partial charge is 0.283 e. The zero-order valence-corrected chi connectivity index (χ0v) is 16.8. The summed E-state index contributed by atoms with van der Waals surface area (Å²) in [6, 6.07) is 22.1. The second-order valence-electron chi connectivity index (χ2n) is 6.28. The third kappa shape index (κ3) is 4.58. The first-order valence-electron chi connectivity index (χ1n) is 8.96. The molecule has 2 heterocycles. The van der Waals surface area contributed by atoms with Crippen LogP contribution < -0.4 is 4.90 Å². The number of amides is 1. The van der Waals surface area contributed by atoms with Gasteiger partial charge in [-0.1, -0.05) is 59.9 Å². The van der Waals surface area contributed by atoms with E-state index in [9.17, 15) is 4.79 Å². The van der Waals surface area contributed by atoms with Crippen LogP contribution in [-0.4, -0.2) is 21.6 Å². The maximum atomic E-state index is 13.1. The molecule has 140 valence electrons. The highest BCUT2D eigenvalue weighted by Gasteiger charge is 2.20. The Morgan fingerprint density at radius 3 is 2.54 bits per heavy atom. The number of thiazole rings is 1. The summed E-state index contributed by atoms with van der Waals surface area (Å²) in [5, 5.41) is 0.732. The van der Waals surface area contributed by atoms with Gasteiger partial charge in [0.2, 0.25) is 5.91 Å².